The summed E-state index contributed by atoms with van der Waals surface area (Å²) < 4.78 is 4.98. The lowest BCUT2D eigenvalue weighted by Gasteiger charge is -2.40. The molecule has 19 heavy (non-hydrogen) atoms. The van der Waals surface area contributed by atoms with Crippen LogP contribution in [0.1, 0.15) is 43.0 Å². The van der Waals surface area contributed by atoms with Crippen LogP contribution in [0, 0.1) is 11.8 Å². The average molecular weight is 263 g/mol. The Morgan fingerprint density at radius 3 is 3.11 bits per heavy atom. The Bertz CT molecular complexity index is 456. The molecule has 1 saturated carbocycles. The monoisotopic (exact) mass is 263 g/mol. The van der Waals surface area contributed by atoms with E-state index in [0.29, 0.717) is 18.0 Å². The third kappa shape index (κ3) is 2.08. The van der Waals surface area contributed by atoms with E-state index in [-0.39, 0.29) is 11.8 Å². The molecule has 1 aromatic rings. The molecule has 3 atom stereocenters. The predicted molar refractivity (Wildman–Crippen MR) is 70.7 cm³/mol. The summed E-state index contributed by atoms with van der Waals surface area (Å²) in [4.78, 5) is 14.2. The Morgan fingerprint density at radius 1 is 1.58 bits per heavy atom. The van der Waals surface area contributed by atoms with Crippen molar-refractivity contribution in [1.82, 2.24) is 4.90 Å². The van der Waals surface area contributed by atoms with E-state index < -0.39 is 5.60 Å². The second-order valence-electron chi connectivity index (χ2n) is 5.94. The molecule has 2 aliphatic rings. The summed E-state index contributed by atoms with van der Waals surface area (Å²) in [7, 11) is 0. The van der Waals surface area contributed by atoms with Crippen molar-refractivity contribution >= 4 is 5.91 Å². The highest BCUT2D eigenvalue weighted by molar-refractivity contribution is 5.94. The number of nitrogens with zero attached hydrogens (tertiary/aromatic N) is 1. The van der Waals surface area contributed by atoms with E-state index in [1.807, 2.05) is 11.8 Å². The van der Waals surface area contributed by atoms with Gasteiger partial charge < -0.3 is 14.4 Å². The first-order valence-electron chi connectivity index (χ1n) is 7.18. The van der Waals surface area contributed by atoms with Gasteiger partial charge in [0.1, 0.15) is 6.26 Å². The van der Waals surface area contributed by atoms with Crippen molar-refractivity contribution in [2.45, 2.75) is 38.2 Å². The number of hydrogen-bond donors (Lipinski definition) is 1. The lowest BCUT2D eigenvalue weighted by atomic mass is 9.69. The van der Waals surface area contributed by atoms with Crippen LogP contribution < -0.4 is 0 Å². The summed E-state index contributed by atoms with van der Waals surface area (Å²) in [6.45, 7) is 3.50. The highest BCUT2D eigenvalue weighted by atomic mass is 16.3. The van der Waals surface area contributed by atoms with Crippen LogP contribution >= 0.6 is 0 Å². The molecule has 1 amide bonds. The molecular weight excluding hydrogens is 242 g/mol. The molecule has 0 bridgehead atoms. The fraction of sp³-hybridized carbons (Fsp3) is 0.667. The molecule has 1 saturated heterocycles. The maximum Gasteiger partial charge on any atom is 0.257 e. The molecule has 3 rings (SSSR count). The van der Waals surface area contributed by atoms with Crippen LogP contribution in [0.3, 0.4) is 0 Å². The fourth-order valence-corrected chi connectivity index (χ4v) is 3.80. The van der Waals surface area contributed by atoms with Crippen LogP contribution in [0.5, 0.6) is 0 Å². The average Bonchev–Trinajstić information content (AvgIpc) is 3.08. The lowest BCUT2D eigenvalue weighted by molar-refractivity contribution is -0.0609. The number of carbonyl (C=O) groups excluding carboxylic acids is 1. The molecule has 1 aromatic heterocycles. The summed E-state index contributed by atoms with van der Waals surface area (Å²) in [5.41, 5.74) is 0.0348. The second-order valence-corrected chi connectivity index (χ2v) is 5.94. The molecule has 4 heteroatoms. The van der Waals surface area contributed by atoms with Gasteiger partial charge >= 0.3 is 0 Å². The minimum Gasteiger partial charge on any atom is -0.472 e. The van der Waals surface area contributed by atoms with Crippen molar-refractivity contribution < 1.29 is 14.3 Å². The number of carbonyl (C=O) groups is 1. The summed E-state index contributed by atoms with van der Waals surface area (Å²) in [5.74, 6) is 0.721. The van der Waals surface area contributed by atoms with Crippen LogP contribution in [0.4, 0.5) is 0 Å². The maximum atomic E-state index is 12.3. The zero-order valence-electron chi connectivity index (χ0n) is 11.3. The Labute approximate surface area is 113 Å². The predicted octanol–water partition coefficient (Wildman–Crippen LogP) is 2.29. The van der Waals surface area contributed by atoms with Gasteiger partial charge in [0, 0.05) is 19.0 Å². The first-order chi connectivity index (χ1) is 9.14. The van der Waals surface area contributed by atoms with Gasteiger partial charge in [0.15, 0.2) is 0 Å². The van der Waals surface area contributed by atoms with Crippen LogP contribution in [-0.2, 0) is 0 Å². The van der Waals surface area contributed by atoms with E-state index in [2.05, 4.69) is 0 Å². The van der Waals surface area contributed by atoms with Crippen molar-refractivity contribution in [3.8, 4) is 0 Å². The number of amides is 1. The molecule has 1 aliphatic heterocycles. The van der Waals surface area contributed by atoms with E-state index >= 15 is 0 Å². The number of hydrogen-bond acceptors (Lipinski definition) is 3. The molecule has 0 unspecified atom stereocenters. The first kappa shape index (κ1) is 12.7. The minimum absolute atomic E-state index is 0.0293. The number of aliphatic hydroxyl groups is 1. The molecule has 2 fully saturated rings. The summed E-state index contributed by atoms with van der Waals surface area (Å²) >= 11 is 0. The standard InChI is InChI=1S/C15H21NO3/c1-2-15(18)6-3-4-11-8-16(9-13(11)15)14(17)12-5-7-19-10-12/h5,7,10-11,13,18H,2-4,6,8-9H2,1H3/t11-,13+,15-/m1/s1. The van der Waals surface area contributed by atoms with E-state index in [1.165, 1.54) is 12.5 Å². The van der Waals surface area contributed by atoms with Crippen LogP contribution in [0.2, 0.25) is 0 Å². The van der Waals surface area contributed by atoms with Crippen molar-refractivity contribution in [3.05, 3.63) is 24.2 Å². The molecular formula is C15H21NO3. The molecule has 1 aliphatic carbocycles. The molecule has 0 aromatic carbocycles. The van der Waals surface area contributed by atoms with Gasteiger partial charge in [-0.2, -0.15) is 0 Å². The molecule has 4 nitrogen and oxygen atoms in total. The van der Waals surface area contributed by atoms with E-state index in [1.54, 1.807) is 6.07 Å². The van der Waals surface area contributed by atoms with Crippen molar-refractivity contribution in [1.29, 1.82) is 0 Å². The zero-order valence-corrected chi connectivity index (χ0v) is 11.3. The Kier molecular flexibility index (Phi) is 3.13. The summed E-state index contributed by atoms with van der Waals surface area (Å²) in [6, 6.07) is 1.70. The smallest absolute Gasteiger partial charge is 0.257 e. The van der Waals surface area contributed by atoms with E-state index in [9.17, 15) is 9.90 Å². The van der Waals surface area contributed by atoms with Crippen molar-refractivity contribution in [3.63, 3.8) is 0 Å². The van der Waals surface area contributed by atoms with Crippen LogP contribution in [-0.4, -0.2) is 34.6 Å². The Hall–Kier alpha value is -1.29. The topological polar surface area (TPSA) is 53.7 Å². The van der Waals surface area contributed by atoms with Gasteiger partial charge in [-0.3, -0.25) is 4.79 Å². The quantitative estimate of drug-likeness (QED) is 0.890. The van der Waals surface area contributed by atoms with Gasteiger partial charge in [0.05, 0.1) is 17.4 Å². The lowest BCUT2D eigenvalue weighted by Crippen LogP contribution is -2.44. The van der Waals surface area contributed by atoms with Crippen molar-refractivity contribution in [2.24, 2.45) is 11.8 Å². The molecule has 104 valence electrons. The van der Waals surface area contributed by atoms with Crippen molar-refractivity contribution in [2.75, 3.05) is 13.1 Å². The van der Waals surface area contributed by atoms with Gasteiger partial charge in [-0.15, -0.1) is 0 Å². The summed E-state index contributed by atoms with van der Waals surface area (Å²) in [5, 5.41) is 10.7. The number of likely N-dealkylation sites (tertiary alicyclic amines) is 1. The largest absolute Gasteiger partial charge is 0.472 e. The normalized spacial score (nSPS) is 34.3. The third-order valence-electron chi connectivity index (χ3n) is 4.98. The van der Waals surface area contributed by atoms with Gasteiger partial charge in [0.2, 0.25) is 0 Å². The van der Waals surface area contributed by atoms with Gasteiger partial charge in [-0.25, -0.2) is 0 Å². The maximum absolute atomic E-state index is 12.3. The van der Waals surface area contributed by atoms with Gasteiger partial charge in [-0.1, -0.05) is 13.3 Å². The minimum atomic E-state index is -0.575. The van der Waals surface area contributed by atoms with E-state index in [0.717, 1.165) is 32.2 Å². The first-order valence-corrected chi connectivity index (χ1v) is 7.18. The highest BCUT2D eigenvalue weighted by Gasteiger charge is 2.48. The van der Waals surface area contributed by atoms with Gasteiger partial charge in [-0.05, 0) is 31.2 Å². The highest BCUT2D eigenvalue weighted by Crippen LogP contribution is 2.44. The van der Waals surface area contributed by atoms with Crippen LogP contribution in [0.25, 0.3) is 0 Å². The molecule has 0 spiro atoms. The molecule has 0 radical (unpaired) electrons. The van der Waals surface area contributed by atoms with E-state index in [4.69, 9.17) is 4.42 Å². The Balaban J connectivity index is 1.77. The van der Waals surface area contributed by atoms with Gasteiger partial charge in [0.25, 0.3) is 5.91 Å². The Morgan fingerprint density at radius 2 is 2.42 bits per heavy atom. The molecule has 1 N–H and O–H groups in total. The fourth-order valence-electron chi connectivity index (χ4n) is 3.80. The number of rotatable bonds is 2. The SMILES string of the molecule is CC[C@@]1(O)CCC[C@@H]2CN(C(=O)c3ccoc3)C[C@@H]21. The zero-order chi connectivity index (χ0) is 13.5. The summed E-state index contributed by atoms with van der Waals surface area (Å²) in [6.07, 6.45) is 6.87. The number of fused-ring (bicyclic) bond motifs is 1. The van der Waals surface area contributed by atoms with Crippen LogP contribution in [0.15, 0.2) is 23.0 Å². The molecule has 2 heterocycles. The second kappa shape index (κ2) is 4.67. The number of furan rings is 1. The third-order valence-corrected chi connectivity index (χ3v) is 4.98.